The second kappa shape index (κ2) is 6.51. The number of hydrogen-bond donors (Lipinski definition) is 0. The molecule has 0 spiro atoms. The molecule has 0 aromatic carbocycles. The van der Waals surface area contributed by atoms with Crippen LogP contribution in [0.2, 0.25) is 0 Å². The minimum Gasteiger partial charge on any atom is -0.477 e. The van der Waals surface area contributed by atoms with Gasteiger partial charge in [0.15, 0.2) is 0 Å². The van der Waals surface area contributed by atoms with Crippen molar-refractivity contribution in [1.29, 1.82) is 0 Å². The zero-order chi connectivity index (χ0) is 15.4. The number of pyridine rings is 1. The van der Waals surface area contributed by atoms with Gasteiger partial charge < -0.3 is 9.64 Å². The van der Waals surface area contributed by atoms with Crippen molar-refractivity contribution in [1.82, 2.24) is 19.9 Å². The van der Waals surface area contributed by atoms with Crippen molar-refractivity contribution in [3.63, 3.8) is 0 Å². The standard InChI is InChI=1S/C16H18N4O2/c1-2-22-15-11-17-10-14(19-15)12-5-6-13(18-9-12)16(21)20-7-3-4-8-20/h5-6,9-11H,2-4,7-8H2,1H3. The van der Waals surface area contributed by atoms with E-state index in [0.717, 1.165) is 31.5 Å². The Morgan fingerprint density at radius 1 is 1.23 bits per heavy atom. The van der Waals surface area contributed by atoms with Crippen molar-refractivity contribution in [3.8, 4) is 17.1 Å². The molecule has 1 fully saturated rings. The van der Waals surface area contributed by atoms with Crippen LogP contribution in [0.15, 0.2) is 30.7 Å². The number of nitrogens with zero attached hydrogens (tertiary/aromatic N) is 4. The molecule has 0 saturated carbocycles. The lowest BCUT2D eigenvalue weighted by Crippen LogP contribution is -2.28. The Labute approximate surface area is 129 Å². The molecule has 1 aliphatic rings. The lowest BCUT2D eigenvalue weighted by atomic mass is 10.2. The molecule has 6 nitrogen and oxygen atoms in total. The Morgan fingerprint density at radius 3 is 2.73 bits per heavy atom. The van der Waals surface area contributed by atoms with Gasteiger partial charge in [-0.3, -0.25) is 14.8 Å². The summed E-state index contributed by atoms with van der Waals surface area (Å²) < 4.78 is 5.34. The van der Waals surface area contributed by atoms with E-state index in [0.29, 0.717) is 23.9 Å². The van der Waals surface area contributed by atoms with E-state index in [1.54, 1.807) is 24.7 Å². The molecule has 1 saturated heterocycles. The van der Waals surface area contributed by atoms with Crippen LogP contribution in [0.3, 0.4) is 0 Å². The van der Waals surface area contributed by atoms with Gasteiger partial charge in [-0.15, -0.1) is 0 Å². The molecule has 1 amide bonds. The summed E-state index contributed by atoms with van der Waals surface area (Å²) in [6, 6.07) is 3.58. The fourth-order valence-electron chi connectivity index (χ4n) is 2.46. The molecule has 6 heteroatoms. The summed E-state index contributed by atoms with van der Waals surface area (Å²) in [6.07, 6.45) is 7.03. The molecule has 0 radical (unpaired) electrons. The average Bonchev–Trinajstić information content (AvgIpc) is 3.09. The van der Waals surface area contributed by atoms with Crippen molar-refractivity contribution in [2.45, 2.75) is 19.8 Å². The highest BCUT2D eigenvalue weighted by atomic mass is 16.5. The fourth-order valence-corrected chi connectivity index (χ4v) is 2.46. The maximum atomic E-state index is 12.2. The van der Waals surface area contributed by atoms with Gasteiger partial charge >= 0.3 is 0 Å². The third-order valence-electron chi connectivity index (χ3n) is 3.58. The smallest absolute Gasteiger partial charge is 0.272 e. The molecule has 0 N–H and O–H groups in total. The molecular formula is C16H18N4O2. The highest BCUT2D eigenvalue weighted by Crippen LogP contribution is 2.19. The van der Waals surface area contributed by atoms with Crippen LogP contribution in [0.25, 0.3) is 11.3 Å². The van der Waals surface area contributed by atoms with Gasteiger partial charge in [-0.25, -0.2) is 4.98 Å². The van der Waals surface area contributed by atoms with Crippen molar-refractivity contribution < 1.29 is 9.53 Å². The molecule has 2 aromatic rings. The molecule has 0 bridgehead atoms. The van der Waals surface area contributed by atoms with E-state index in [1.165, 1.54) is 0 Å². The molecule has 0 unspecified atom stereocenters. The third kappa shape index (κ3) is 3.05. The summed E-state index contributed by atoms with van der Waals surface area (Å²) in [5.74, 6) is 0.482. The van der Waals surface area contributed by atoms with Crippen LogP contribution in [-0.4, -0.2) is 45.5 Å². The van der Waals surface area contributed by atoms with Crippen LogP contribution in [0.1, 0.15) is 30.3 Å². The number of carbonyl (C=O) groups excluding carboxylic acids is 1. The summed E-state index contributed by atoms with van der Waals surface area (Å²) in [5.41, 5.74) is 1.96. The molecule has 3 heterocycles. The van der Waals surface area contributed by atoms with Crippen LogP contribution >= 0.6 is 0 Å². The van der Waals surface area contributed by atoms with E-state index >= 15 is 0 Å². The van der Waals surface area contributed by atoms with Crippen molar-refractivity contribution in [2.24, 2.45) is 0 Å². The second-order valence-corrected chi connectivity index (χ2v) is 5.11. The highest BCUT2D eigenvalue weighted by molar-refractivity contribution is 5.92. The molecule has 3 rings (SSSR count). The molecule has 1 aliphatic heterocycles. The predicted octanol–water partition coefficient (Wildman–Crippen LogP) is 2.17. The van der Waals surface area contributed by atoms with Gasteiger partial charge in [0.25, 0.3) is 5.91 Å². The lowest BCUT2D eigenvalue weighted by molar-refractivity contribution is 0.0787. The van der Waals surface area contributed by atoms with E-state index < -0.39 is 0 Å². The molecule has 114 valence electrons. The Kier molecular flexibility index (Phi) is 4.27. The Balaban J connectivity index is 1.78. The van der Waals surface area contributed by atoms with Gasteiger partial charge in [0.2, 0.25) is 5.88 Å². The lowest BCUT2D eigenvalue weighted by Gasteiger charge is -2.14. The maximum Gasteiger partial charge on any atom is 0.272 e. The predicted molar refractivity (Wildman–Crippen MR) is 81.6 cm³/mol. The fraction of sp³-hybridized carbons (Fsp3) is 0.375. The summed E-state index contributed by atoms with van der Waals surface area (Å²) in [4.78, 5) is 26.8. The number of rotatable bonds is 4. The van der Waals surface area contributed by atoms with Crippen molar-refractivity contribution in [3.05, 3.63) is 36.4 Å². The Hall–Kier alpha value is -2.50. The zero-order valence-corrected chi connectivity index (χ0v) is 12.5. The molecule has 0 aliphatic carbocycles. The van der Waals surface area contributed by atoms with Gasteiger partial charge in [0.05, 0.1) is 24.7 Å². The first kappa shape index (κ1) is 14.4. The number of hydrogen-bond acceptors (Lipinski definition) is 5. The van der Waals surface area contributed by atoms with E-state index in [9.17, 15) is 4.79 Å². The normalized spacial score (nSPS) is 14.1. The number of likely N-dealkylation sites (tertiary alicyclic amines) is 1. The summed E-state index contributed by atoms with van der Waals surface area (Å²) >= 11 is 0. The van der Waals surface area contributed by atoms with Gasteiger partial charge in [-0.1, -0.05) is 0 Å². The monoisotopic (exact) mass is 298 g/mol. The number of carbonyl (C=O) groups is 1. The van der Waals surface area contributed by atoms with Crippen molar-refractivity contribution >= 4 is 5.91 Å². The van der Waals surface area contributed by atoms with E-state index in [4.69, 9.17) is 4.74 Å². The van der Waals surface area contributed by atoms with Crippen LogP contribution in [0, 0.1) is 0 Å². The van der Waals surface area contributed by atoms with E-state index in [2.05, 4.69) is 15.0 Å². The first-order valence-electron chi connectivity index (χ1n) is 7.48. The maximum absolute atomic E-state index is 12.2. The van der Waals surface area contributed by atoms with Gasteiger partial charge in [-0.2, -0.15) is 0 Å². The van der Waals surface area contributed by atoms with Crippen LogP contribution in [0.5, 0.6) is 5.88 Å². The first-order chi connectivity index (χ1) is 10.8. The zero-order valence-electron chi connectivity index (χ0n) is 12.5. The summed E-state index contributed by atoms with van der Waals surface area (Å²) in [7, 11) is 0. The molecule has 2 aromatic heterocycles. The first-order valence-corrected chi connectivity index (χ1v) is 7.48. The van der Waals surface area contributed by atoms with E-state index in [-0.39, 0.29) is 5.91 Å². The quantitative estimate of drug-likeness (QED) is 0.865. The van der Waals surface area contributed by atoms with Crippen LogP contribution < -0.4 is 4.74 Å². The topological polar surface area (TPSA) is 68.2 Å². The number of amides is 1. The Morgan fingerprint density at radius 2 is 2.05 bits per heavy atom. The molecule has 0 atom stereocenters. The largest absolute Gasteiger partial charge is 0.477 e. The minimum absolute atomic E-state index is 0.00167. The van der Waals surface area contributed by atoms with Crippen LogP contribution in [-0.2, 0) is 0 Å². The number of aromatic nitrogens is 3. The van der Waals surface area contributed by atoms with Gasteiger partial charge in [0, 0.05) is 24.8 Å². The third-order valence-corrected chi connectivity index (χ3v) is 3.58. The van der Waals surface area contributed by atoms with Crippen molar-refractivity contribution in [2.75, 3.05) is 19.7 Å². The highest BCUT2D eigenvalue weighted by Gasteiger charge is 2.20. The second-order valence-electron chi connectivity index (χ2n) is 5.11. The van der Waals surface area contributed by atoms with Gasteiger partial charge in [-0.05, 0) is 31.9 Å². The Bertz CT molecular complexity index is 651. The number of ether oxygens (including phenoxy) is 1. The van der Waals surface area contributed by atoms with Crippen LogP contribution in [0.4, 0.5) is 0 Å². The minimum atomic E-state index is -0.00167. The SMILES string of the molecule is CCOc1cncc(-c2ccc(C(=O)N3CCCC3)nc2)n1. The van der Waals surface area contributed by atoms with E-state index in [1.807, 2.05) is 17.9 Å². The molecular weight excluding hydrogens is 280 g/mol. The average molecular weight is 298 g/mol. The van der Waals surface area contributed by atoms with Gasteiger partial charge in [0.1, 0.15) is 5.69 Å². The summed E-state index contributed by atoms with van der Waals surface area (Å²) in [6.45, 7) is 4.09. The summed E-state index contributed by atoms with van der Waals surface area (Å²) in [5, 5.41) is 0. The molecule has 22 heavy (non-hydrogen) atoms.